The summed E-state index contributed by atoms with van der Waals surface area (Å²) >= 11 is 0. The number of carbonyl (C=O) groups excluding carboxylic acids is 1. The lowest BCUT2D eigenvalue weighted by Gasteiger charge is -2.56. The topological polar surface area (TPSA) is 50.7 Å². The highest BCUT2D eigenvalue weighted by Crippen LogP contribution is 2.60. The number of carbonyl (C=O) groups is 1. The van der Waals surface area contributed by atoms with Gasteiger partial charge < -0.3 is 4.74 Å². The van der Waals surface area contributed by atoms with Crippen LogP contribution in [-0.2, 0) is 0 Å². The normalized spacial score (nSPS) is 34.2. The van der Waals surface area contributed by atoms with Gasteiger partial charge in [0.2, 0.25) is 0 Å². The van der Waals surface area contributed by atoms with E-state index in [4.69, 9.17) is 4.74 Å². The third kappa shape index (κ3) is 2.72. The Labute approximate surface area is 143 Å². The Hall–Kier alpha value is -1.84. The number of benzene rings is 1. The number of rotatable bonds is 4. The zero-order chi connectivity index (χ0) is 16.7. The molecule has 0 unspecified atom stereocenters. The summed E-state index contributed by atoms with van der Waals surface area (Å²) < 4.78 is 5.13. The molecule has 5 rings (SSSR count). The molecule has 4 aliphatic rings. The lowest BCUT2D eigenvalue weighted by molar-refractivity contribution is -0.0128. The van der Waals surface area contributed by atoms with Crippen molar-refractivity contribution in [3.63, 3.8) is 0 Å². The number of hydrogen-bond donors (Lipinski definition) is 1. The molecule has 1 N–H and O–H groups in total. The summed E-state index contributed by atoms with van der Waals surface area (Å²) in [7, 11) is 1.62. The van der Waals surface area contributed by atoms with Crippen molar-refractivity contribution in [2.75, 3.05) is 7.11 Å². The molecule has 0 radical (unpaired) electrons. The van der Waals surface area contributed by atoms with E-state index in [-0.39, 0.29) is 11.3 Å². The van der Waals surface area contributed by atoms with Gasteiger partial charge in [-0.1, -0.05) is 0 Å². The second kappa shape index (κ2) is 5.91. The van der Waals surface area contributed by atoms with Crippen molar-refractivity contribution in [3.05, 3.63) is 29.8 Å². The maximum Gasteiger partial charge on any atom is 0.271 e. The van der Waals surface area contributed by atoms with Gasteiger partial charge in [0.05, 0.1) is 7.11 Å². The molecule has 0 heterocycles. The highest BCUT2D eigenvalue weighted by Gasteiger charge is 2.52. The lowest BCUT2D eigenvalue weighted by Crippen LogP contribution is -2.49. The Bertz CT molecular complexity index is 627. The van der Waals surface area contributed by atoms with Crippen LogP contribution in [0.15, 0.2) is 29.4 Å². The molecule has 1 amide bonds. The molecular weight excluding hydrogens is 300 g/mol. The largest absolute Gasteiger partial charge is 0.497 e. The second-order valence-corrected chi connectivity index (χ2v) is 8.06. The van der Waals surface area contributed by atoms with Crippen LogP contribution in [0.1, 0.15) is 55.8 Å². The van der Waals surface area contributed by atoms with Crippen LogP contribution < -0.4 is 10.2 Å². The molecule has 0 aliphatic heterocycles. The molecule has 1 aromatic carbocycles. The van der Waals surface area contributed by atoms with E-state index in [2.05, 4.69) is 17.5 Å². The number of hydrazone groups is 1. The van der Waals surface area contributed by atoms with Gasteiger partial charge in [0.1, 0.15) is 5.75 Å². The molecule has 4 nitrogen and oxygen atoms in total. The molecule has 128 valence electrons. The summed E-state index contributed by atoms with van der Waals surface area (Å²) in [6, 6.07) is 7.13. The fourth-order valence-electron chi connectivity index (χ4n) is 5.61. The average Bonchev–Trinajstić information content (AvgIpc) is 2.58. The minimum Gasteiger partial charge on any atom is -0.497 e. The highest BCUT2D eigenvalue weighted by atomic mass is 16.5. The molecule has 4 heteroatoms. The SMILES string of the molecule is COc1ccc(C(=O)N/N=C(\C)C23CC4CC(CC(C4)C2)C3)cc1. The quantitative estimate of drug-likeness (QED) is 0.671. The van der Waals surface area contributed by atoms with E-state index in [1.54, 1.807) is 31.4 Å². The minimum atomic E-state index is -0.151. The van der Waals surface area contributed by atoms with E-state index in [0.29, 0.717) is 5.56 Å². The summed E-state index contributed by atoms with van der Waals surface area (Å²) in [5.41, 5.74) is 4.76. The number of hydrogen-bond acceptors (Lipinski definition) is 3. The van der Waals surface area contributed by atoms with Gasteiger partial charge in [-0.3, -0.25) is 4.79 Å². The molecular formula is C20H26N2O2. The second-order valence-electron chi connectivity index (χ2n) is 8.06. The Kier molecular flexibility index (Phi) is 3.86. The number of ether oxygens (including phenoxy) is 1. The van der Waals surface area contributed by atoms with Gasteiger partial charge in [-0.15, -0.1) is 0 Å². The van der Waals surface area contributed by atoms with E-state index in [9.17, 15) is 4.79 Å². The summed E-state index contributed by atoms with van der Waals surface area (Å²) in [6.45, 7) is 2.11. The van der Waals surface area contributed by atoms with Crippen molar-refractivity contribution in [2.24, 2.45) is 28.3 Å². The van der Waals surface area contributed by atoms with Gasteiger partial charge >= 0.3 is 0 Å². The third-order valence-corrected chi connectivity index (χ3v) is 6.48. The van der Waals surface area contributed by atoms with Gasteiger partial charge in [0.15, 0.2) is 0 Å². The predicted molar refractivity (Wildman–Crippen MR) is 94.2 cm³/mol. The van der Waals surface area contributed by atoms with E-state index in [0.717, 1.165) is 29.2 Å². The lowest BCUT2D eigenvalue weighted by atomic mass is 9.48. The molecule has 1 aromatic rings. The van der Waals surface area contributed by atoms with Crippen molar-refractivity contribution >= 4 is 11.6 Å². The minimum absolute atomic E-state index is 0.151. The maximum absolute atomic E-state index is 12.3. The smallest absolute Gasteiger partial charge is 0.271 e. The number of nitrogens with zero attached hydrogens (tertiary/aromatic N) is 1. The zero-order valence-electron chi connectivity index (χ0n) is 14.5. The van der Waals surface area contributed by atoms with Crippen LogP contribution in [0.25, 0.3) is 0 Å². The molecule has 0 saturated heterocycles. The first kappa shape index (κ1) is 15.7. The molecule has 0 spiro atoms. The molecule has 0 atom stereocenters. The van der Waals surface area contributed by atoms with E-state index >= 15 is 0 Å². The predicted octanol–water partition coefficient (Wildman–Crippen LogP) is 4.02. The maximum atomic E-state index is 12.3. The standard InChI is InChI=1S/C20H26N2O2/c1-13(20-10-14-7-15(11-20)9-16(8-14)12-20)21-22-19(23)17-3-5-18(24-2)6-4-17/h3-6,14-16H,7-12H2,1-2H3,(H,22,23)/b21-13+. The van der Waals surface area contributed by atoms with Gasteiger partial charge in [0.25, 0.3) is 5.91 Å². The van der Waals surface area contributed by atoms with E-state index < -0.39 is 0 Å². The van der Waals surface area contributed by atoms with Crippen molar-refractivity contribution in [1.82, 2.24) is 5.43 Å². The Morgan fingerprint density at radius 2 is 1.62 bits per heavy atom. The zero-order valence-corrected chi connectivity index (χ0v) is 14.5. The first-order valence-electron chi connectivity index (χ1n) is 9.07. The Morgan fingerprint density at radius 3 is 2.12 bits per heavy atom. The van der Waals surface area contributed by atoms with Crippen molar-refractivity contribution in [3.8, 4) is 5.75 Å². The van der Waals surface area contributed by atoms with Crippen LogP contribution in [0.5, 0.6) is 5.75 Å². The van der Waals surface area contributed by atoms with Crippen LogP contribution in [0, 0.1) is 23.2 Å². The van der Waals surface area contributed by atoms with E-state index in [1.165, 1.54) is 38.5 Å². The van der Waals surface area contributed by atoms with Crippen molar-refractivity contribution < 1.29 is 9.53 Å². The highest BCUT2D eigenvalue weighted by molar-refractivity contribution is 5.96. The first-order valence-corrected chi connectivity index (χ1v) is 9.07. The van der Waals surface area contributed by atoms with Crippen LogP contribution >= 0.6 is 0 Å². The average molecular weight is 326 g/mol. The van der Waals surface area contributed by atoms with Crippen molar-refractivity contribution in [1.29, 1.82) is 0 Å². The number of nitrogens with one attached hydrogen (secondary N) is 1. The van der Waals surface area contributed by atoms with Crippen LogP contribution in [0.4, 0.5) is 0 Å². The monoisotopic (exact) mass is 326 g/mol. The van der Waals surface area contributed by atoms with Crippen LogP contribution in [-0.4, -0.2) is 18.7 Å². The summed E-state index contributed by atoms with van der Waals surface area (Å²) in [5, 5.41) is 4.52. The summed E-state index contributed by atoms with van der Waals surface area (Å²) in [4.78, 5) is 12.3. The van der Waals surface area contributed by atoms with Gasteiger partial charge in [-0.25, -0.2) is 5.43 Å². The van der Waals surface area contributed by atoms with Gasteiger partial charge in [0, 0.05) is 16.7 Å². The molecule has 24 heavy (non-hydrogen) atoms. The fraction of sp³-hybridized carbons (Fsp3) is 0.600. The van der Waals surface area contributed by atoms with Crippen LogP contribution in [0.2, 0.25) is 0 Å². The molecule has 4 saturated carbocycles. The Morgan fingerprint density at radius 1 is 1.08 bits per heavy atom. The molecule has 4 fully saturated rings. The summed E-state index contributed by atoms with van der Waals surface area (Å²) in [5.74, 6) is 3.26. The van der Waals surface area contributed by atoms with Crippen molar-refractivity contribution in [2.45, 2.75) is 45.4 Å². The third-order valence-electron chi connectivity index (χ3n) is 6.48. The number of methoxy groups -OCH3 is 1. The van der Waals surface area contributed by atoms with Crippen LogP contribution in [0.3, 0.4) is 0 Å². The molecule has 0 aromatic heterocycles. The Balaban J connectivity index is 1.46. The number of amides is 1. The van der Waals surface area contributed by atoms with E-state index in [1.807, 2.05) is 0 Å². The van der Waals surface area contributed by atoms with Gasteiger partial charge in [-0.05, 0) is 87.5 Å². The van der Waals surface area contributed by atoms with Gasteiger partial charge in [-0.2, -0.15) is 5.10 Å². The summed E-state index contributed by atoms with van der Waals surface area (Å²) in [6.07, 6.45) is 8.08. The molecule has 4 bridgehead atoms. The molecule has 4 aliphatic carbocycles. The fourth-order valence-corrected chi connectivity index (χ4v) is 5.61. The first-order chi connectivity index (χ1) is 11.6.